The van der Waals surface area contributed by atoms with Gasteiger partial charge in [0.25, 0.3) is 0 Å². The standard InChI is InChI=1S/C12H12INO/c1-8-3-2-4-10(11(8)13)12(14)9-5-6-15-7-9/h2-7,12H,14H2,1H3. The molecule has 2 nitrogen and oxygen atoms in total. The molecule has 0 aliphatic carbocycles. The Kier molecular flexibility index (Phi) is 3.11. The molecule has 0 saturated heterocycles. The van der Waals surface area contributed by atoms with Gasteiger partial charge in [-0.3, -0.25) is 0 Å². The quantitative estimate of drug-likeness (QED) is 0.865. The highest BCUT2D eigenvalue weighted by Crippen LogP contribution is 2.26. The van der Waals surface area contributed by atoms with Crippen molar-refractivity contribution in [2.24, 2.45) is 5.73 Å². The van der Waals surface area contributed by atoms with Crippen LogP contribution in [0.15, 0.2) is 41.2 Å². The topological polar surface area (TPSA) is 39.2 Å². The Balaban J connectivity index is 2.42. The molecule has 1 heterocycles. The van der Waals surface area contributed by atoms with Gasteiger partial charge in [-0.15, -0.1) is 0 Å². The van der Waals surface area contributed by atoms with Crippen LogP contribution in [0, 0.1) is 10.5 Å². The molecule has 0 bridgehead atoms. The van der Waals surface area contributed by atoms with Gasteiger partial charge in [0, 0.05) is 9.13 Å². The predicted molar refractivity (Wildman–Crippen MR) is 68.6 cm³/mol. The SMILES string of the molecule is Cc1cccc(C(N)c2ccoc2)c1I. The lowest BCUT2D eigenvalue weighted by Gasteiger charge is -2.13. The maximum atomic E-state index is 6.17. The molecule has 1 aromatic heterocycles. The molecule has 0 saturated carbocycles. The van der Waals surface area contributed by atoms with E-state index in [0.29, 0.717) is 0 Å². The van der Waals surface area contributed by atoms with Crippen LogP contribution in [0.2, 0.25) is 0 Å². The summed E-state index contributed by atoms with van der Waals surface area (Å²) in [6, 6.07) is 7.99. The molecule has 2 rings (SSSR count). The number of halogens is 1. The molecule has 2 N–H and O–H groups in total. The molecular formula is C12H12INO. The van der Waals surface area contributed by atoms with Crippen LogP contribution in [0.25, 0.3) is 0 Å². The highest BCUT2D eigenvalue weighted by atomic mass is 127. The summed E-state index contributed by atoms with van der Waals surface area (Å²) < 4.78 is 6.27. The minimum atomic E-state index is -0.101. The smallest absolute Gasteiger partial charge is 0.0953 e. The van der Waals surface area contributed by atoms with E-state index in [2.05, 4.69) is 41.6 Å². The van der Waals surface area contributed by atoms with E-state index in [-0.39, 0.29) is 6.04 Å². The van der Waals surface area contributed by atoms with E-state index >= 15 is 0 Å². The Morgan fingerprint density at radius 1 is 1.33 bits per heavy atom. The van der Waals surface area contributed by atoms with Crippen LogP contribution >= 0.6 is 22.6 Å². The van der Waals surface area contributed by atoms with E-state index in [0.717, 1.165) is 11.1 Å². The fourth-order valence-corrected chi connectivity index (χ4v) is 2.24. The highest BCUT2D eigenvalue weighted by Gasteiger charge is 2.13. The van der Waals surface area contributed by atoms with Gasteiger partial charge in [0.1, 0.15) is 0 Å². The van der Waals surface area contributed by atoms with Crippen LogP contribution in [0.1, 0.15) is 22.7 Å². The van der Waals surface area contributed by atoms with Gasteiger partial charge < -0.3 is 10.2 Å². The zero-order chi connectivity index (χ0) is 10.8. The van der Waals surface area contributed by atoms with Crippen LogP contribution in [0.3, 0.4) is 0 Å². The van der Waals surface area contributed by atoms with Crippen molar-refractivity contribution in [2.45, 2.75) is 13.0 Å². The van der Waals surface area contributed by atoms with Crippen molar-refractivity contribution in [2.75, 3.05) is 0 Å². The van der Waals surface area contributed by atoms with E-state index in [4.69, 9.17) is 10.2 Å². The minimum Gasteiger partial charge on any atom is -0.472 e. The van der Waals surface area contributed by atoms with E-state index in [9.17, 15) is 0 Å². The first kappa shape index (κ1) is 10.7. The van der Waals surface area contributed by atoms with Crippen molar-refractivity contribution in [3.63, 3.8) is 0 Å². The average molecular weight is 313 g/mol. The van der Waals surface area contributed by atoms with Crippen molar-refractivity contribution in [3.05, 3.63) is 57.1 Å². The third-order valence-corrected chi connectivity index (χ3v) is 3.93. The Hall–Kier alpha value is -0.810. The van der Waals surface area contributed by atoms with Crippen LogP contribution < -0.4 is 5.73 Å². The summed E-state index contributed by atoms with van der Waals surface area (Å²) in [5.74, 6) is 0. The summed E-state index contributed by atoms with van der Waals surface area (Å²) >= 11 is 2.33. The molecule has 1 aromatic carbocycles. The molecular weight excluding hydrogens is 301 g/mol. The molecule has 78 valence electrons. The van der Waals surface area contributed by atoms with Gasteiger partial charge in [-0.1, -0.05) is 18.2 Å². The lowest BCUT2D eigenvalue weighted by atomic mass is 10.0. The van der Waals surface area contributed by atoms with E-state index in [1.54, 1.807) is 12.5 Å². The molecule has 0 aliphatic rings. The van der Waals surface area contributed by atoms with Crippen molar-refractivity contribution >= 4 is 22.6 Å². The summed E-state index contributed by atoms with van der Waals surface area (Å²) in [5.41, 5.74) is 9.58. The van der Waals surface area contributed by atoms with Crippen molar-refractivity contribution < 1.29 is 4.42 Å². The van der Waals surface area contributed by atoms with Gasteiger partial charge in [-0.25, -0.2) is 0 Å². The van der Waals surface area contributed by atoms with Crippen molar-refractivity contribution in [1.29, 1.82) is 0 Å². The zero-order valence-corrected chi connectivity index (χ0v) is 10.6. The Morgan fingerprint density at radius 2 is 2.13 bits per heavy atom. The van der Waals surface area contributed by atoms with Gasteiger partial charge in [-0.05, 0) is 46.7 Å². The number of nitrogens with two attached hydrogens (primary N) is 1. The first-order chi connectivity index (χ1) is 7.20. The summed E-state index contributed by atoms with van der Waals surface area (Å²) in [6.45, 7) is 2.09. The second-order valence-corrected chi connectivity index (χ2v) is 4.59. The second kappa shape index (κ2) is 4.37. The molecule has 1 unspecified atom stereocenters. The molecule has 15 heavy (non-hydrogen) atoms. The van der Waals surface area contributed by atoms with Crippen molar-refractivity contribution in [1.82, 2.24) is 0 Å². The highest BCUT2D eigenvalue weighted by molar-refractivity contribution is 14.1. The summed E-state index contributed by atoms with van der Waals surface area (Å²) in [4.78, 5) is 0. The summed E-state index contributed by atoms with van der Waals surface area (Å²) in [6.07, 6.45) is 3.35. The van der Waals surface area contributed by atoms with Gasteiger partial charge in [0.05, 0.1) is 18.6 Å². The maximum Gasteiger partial charge on any atom is 0.0953 e. The average Bonchev–Trinajstić information content (AvgIpc) is 2.74. The predicted octanol–water partition coefficient (Wildman–Crippen LogP) is 3.24. The number of rotatable bonds is 2. The van der Waals surface area contributed by atoms with E-state index in [1.165, 1.54) is 9.13 Å². The third-order valence-electron chi connectivity index (χ3n) is 2.46. The van der Waals surface area contributed by atoms with Gasteiger partial charge in [0.2, 0.25) is 0 Å². The Bertz CT molecular complexity index is 451. The number of furan rings is 1. The minimum absolute atomic E-state index is 0.101. The monoisotopic (exact) mass is 313 g/mol. The second-order valence-electron chi connectivity index (χ2n) is 3.51. The molecule has 1 atom stereocenters. The number of hydrogen-bond acceptors (Lipinski definition) is 2. The first-order valence-electron chi connectivity index (χ1n) is 4.73. The van der Waals surface area contributed by atoms with Gasteiger partial charge in [-0.2, -0.15) is 0 Å². The lowest BCUT2D eigenvalue weighted by Crippen LogP contribution is -2.12. The van der Waals surface area contributed by atoms with Crippen LogP contribution in [0.4, 0.5) is 0 Å². The van der Waals surface area contributed by atoms with Gasteiger partial charge >= 0.3 is 0 Å². The molecule has 0 aliphatic heterocycles. The number of hydrogen-bond donors (Lipinski definition) is 1. The zero-order valence-electron chi connectivity index (χ0n) is 8.41. The Morgan fingerprint density at radius 3 is 2.80 bits per heavy atom. The number of benzene rings is 1. The Labute approximate surface area is 103 Å². The van der Waals surface area contributed by atoms with Crippen LogP contribution in [-0.4, -0.2) is 0 Å². The molecule has 0 spiro atoms. The lowest BCUT2D eigenvalue weighted by molar-refractivity contribution is 0.562. The molecule has 0 radical (unpaired) electrons. The molecule has 0 amide bonds. The fourth-order valence-electron chi connectivity index (χ4n) is 1.54. The van der Waals surface area contributed by atoms with Gasteiger partial charge in [0.15, 0.2) is 0 Å². The first-order valence-corrected chi connectivity index (χ1v) is 5.80. The summed E-state index contributed by atoms with van der Waals surface area (Å²) in [5, 5.41) is 0. The largest absolute Gasteiger partial charge is 0.472 e. The number of aryl methyl sites for hydroxylation is 1. The summed E-state index contributed by atoms with van der Waals surface area (Å²) in [7, 11) is 0. The van der Waals surface area contributed by atoms with Crippen molar-refractivity contribution in [3.8, 4) is 0 Å². The maximum absolute atomic E-state index is 6.17. The molecule has 0 fully saturated rings. The van der Waals surface area contributed by atoms with E-state index in [1.807, 2.05) is 12.1 Å². The van der Waals surface area contributed by atoms with Crippen LogP contribution in [0.5, 0.6) is 0 Å². The van der Waals surface area contributed by atoms with Crippen LogP contribution in [-0.2, 0) is 0 Å². The fraction of sp³-hybridized carbons (Fsp3) is 0.167. The molecule has 3 heteroatoms. The molecule has 2 aromatic rings. The third kappa shape index (κ3) is 2.08. The normalized spacial score (nSPS) is 12.7. The van der Waals surface area contributed by atoms with E-state index < -0.39 is 0 Å².